The van der Waals surface area contributed by atoms with Gasteiger partial charge in [0.2, 0.25) is 0 Å². The van der Waals surface area contributed by atoms with Crippen molar-refractivity contribution >= 4 is 12.1 Å². The van der Waals surface area contributed by atoms with E-state index in [1.54, 1.807) is 7.05 Å². The number of likely N-dealkylation sites (tertiary alicyclic amines) is 1. The van der Waals surface area contributed by atoms with E-state index in [9.17, 15) is 4.79 Å². The molecule has 2 fully saturated rings. The topological polar surface area (TPSA) is 84.4 Å². The molecule has 0 saturated carbocycles. The lowest BCUT2D eigenvalue weighted by molar-refractivity contribution is -0.0390. The van der Waals surface area contributed by atoms with Gasteiger partial charge in [-0.25, -0.2) is 4.79 Å². The third kappa shape index (κ3) is 7.98. The Morgan fingerprint density at radius 2 is 1.84 bits per heavy atom. The highest BCUT2D eigenvalue weighted by molar-refractivity contribution is 5.80. The second-order valence-corrected chi connectivity index (χ2v) is 9.42. The second-order valence-electron chi connectivity index (χ2n) is 9.42. The number of nitrogens with one attached hydrogen (secondary N) is 2. The van der Waals surface area contributed by atoms with Crippen molar-refractivity contribution in [3.05, 3.63) is 35.4 Å². The summed E-state index contributed by atoms with van der Waals surface area (Å²) in [7, 11) is 1.79. The monoisotopic (exact) mass is 446 g/mol. The van der Waals surface area contributed by atoms with Crippen LogP contribution in [0.15, 0.2) is 29.3 Å². The van der Waals surface area contributed by atoms with E-state index in [2.05, 4.69) is 44.8 Å². The average molecular weight is 447 g/mol. The lowest BCUT2D eigenvalue weighted by Gasteiger charge is -2.23. The highest BCUT2D eigenvalue weighted by Gasteiger charge is 2.27. The van der Waals surface area contributed by atoms with Crippen LogP contribution in [0.1, 0.15) is 51.2 Å². The number of carbonyl (C=O) groups is 1. The first-order valence-corrected chi connectivity index (χ1v) is 11.5. The van der Waals surface area contributed by atoms with Crippen molar-refractivity contribution in [1.82, 2.24) is 15.5 Å². The van der Waals surface area contributed by atoms with Gasteiger partial charge in [0.05, 0.1) is 18.8 Å². The molecule has 178 valence electrons. The molecule has 0 unspecified atom stereocenters. The standard InChI is InChI=1S/C24H38N4O4/c1-24(2,3)32-23(29)27-20-9-12-28(16-20)22(25-4)26-15-18-5-7-19(8-6-18)17-31-21-10-13-30-14-11-21/h5-8,20-21H,9-17H2,1-4H3,(H,25,26)(H,27,29)/t20-/m1/s1. The molecular formula is C24H38N4O4. The van der Waals surface area contributed by atoms with Gasteiger partial charge in [-0.3, -0.25) is 4.99 Å². The molecule has 8 nitrogen and oxygen atoms in total. The first-order chi connectivity index (χ1) is 15.3. The van der Waals surface area contributed by atoms with Crippen LogP contribution in [0.2, 0.25) is 0 Å². The van der Waals surface area contributed by atoms with E-state index in [0.717, 1.165) is 45.0 Å². The molecule has 8 heteroatoms. The van der Waals surface area contributed by atoms with E-state index >= 15 is 0 Å². The number of ether oxygens (including phenoxy) is 3. The van der Waals surface area contributed by atoms with E-state index in [4.69, 9.17) is 14.2 Å². The summed E-state index contributed by atoms with van der Waals surface area (Å²) in [6.45, 7) is 10.1. The quantitative estimate of drug-likeness (QED) is 0.516. The maximum Gasteiger partial charge on any atom is 0.407 e. The third-order valence-corrected chi connectivity index (χ3v) is 5.55. The summed E-state index contributed by atoms with van der Waals surface area (Å²) in [5.41, 5.74) is 1.87. The predicted molar refractivity (Wildman–Crippen MR) is 125 cm³/mol. The zero-order chi connectivity index (χ0) is 23.0. The fraction of sp³-hybridized carbons (Fsp3) is 0.667. The summed E-state index contributed by atoms with van der Waals surface area (Å²) < 4.78 is 16.7. The molecular weight excluding hydrogens is 408 g/mol. The van der Waals surface area contributed by atoms with Crippen LogP contribution in [-0.2, 0) is 27.4 Å². The van der Waals surface area contributed by atoms with E-state index in [1.165, 1.54) is 11.1 Å². The zero-order valence-electron chi connectivity index (χ0n) is 19.9. The summed E-state index contributed by atoms with van der Waals surface area (Å²) in [6, 6.07) is 8.55. The average Bonchev–Trinajstić information content (AvgIpc) is 3.21. The van der Waals surface area contributed by atoms with Crippen LogP contribution >= 0.6 is 0 Å². The van der Waals surface area contributed by atoms with Crippen LogP contribution in [0.25, 0.3) is 0 Å². The van der Waals surface area contributed by atoms with Crippen LogP contribution in [-0.4, -0.2) is 68.1 Å². The molecule has 3 rings (SSSR count). The van der Waals surface area contributed by atoms with E-state index in [-0.39, 0.29) is 12.1 Å². The van der Waals surface area contributed by atoms with Gasteiger partial charge >= 0.3 is 6.09 Å². The van der Waals surface area contributed by atoms with E-state index in [1.807, 2.05) is 20.8 Å². The maximum absolute atomic E-state index is 12.0. The van der Waals surface area contributed by atoms with Crippen LogP contribution in [0.4, 0.5) is 4.79 Å². The molecule has 2 heterocycles. The molecule has 2 saturated heterocycles. The van der Waals surface area contributed by atoms with E-state index < -0.39 is 5.60 Å². The lowest BCUT2D eigenvalue weighted by atomic mass is 10.1. The van der Waals surface area contributed by atoms with Crippen molar-refractivity contribution in [2.75, 3.05) is 33.4 Å². The number of hydrogen-bond donors (Lipinski definition) is 2. The minimum atomic E-state index is -0.494. The molecule has 1 aromatic rings. The molecule has 0 spiro atoms. The maximum atomic E-state index is 12.0. The lowest BCUT2D eigenvalue weighted by Crippen LogP contribution is -2.44. The van der Waals surface area contributed by atoms with Crippen molar-refractivity contribution in [3.8, 4) is 0 Å². The normalized spacial score (nSPS) is 20.3. The van der Waals surface area contributed by atoms with Gasteiger partial charge in [0.25, 0.3) is 0 Å². The highest BCUT2D eigenvalue weighted by Crippen LogP contribution is 2.15. The Hall–Kier alpha value is -2.32. The predicted octanol–water partition coefficient (Wildman–Crippen LogP) is 3.06. The Morgan fingerprint density at radius 1 is 1.16 bits per heavy atom. The van der Waals surface area contributed by atoms with Crippen molar-refractivity contribution in [1.29, 1.82) is 0 Å². The Morgan fingerprint density at radius 3 is 2.50 bits per heavy atom. The van der Waals surface area contributed by atoms with Gasteiger partial charge in [-0.1, -0.05) is 24.3 Å². The smallest absolute Gasteiger partial charge is 0.407 e. The van der Waals surface area contributed by atoms with Gasteiger partial charge in [0.15, 0.2) is 5.96 Å². The van der Waals surface area contributed by atoms with E-state index in [0.29, 0.717) is 25.8 Å². The number of alkyl carbamates (subject to hydrolysis) is 1. The third-order valence-electron chi connectivity index (χ3n) is 5.55. The first-order valence-electron chi connectivity index (χ1n) is 11.5. The Labute approximate surface area is 191 Å². The van der Waals surface area contributed by atoms with Gasteiger partial charge in [-0.05, 0) is 51.2 Å². The molecule has 0 radical (unpaired) electrons. The van der Waals surface area contributed by atoms with Crippen LogP contribution < -0.4 is 10.6 Å². The summed E-state index contributed by atoms with van der Waals surface area (Å²) in [5, 5.41) is 6.39. The number of benzene rings is 1. The molecule has 2 aliphatic rings. The fourth-order valence-corrected chi connectivity index (χ4v) is 3.87. The molecule has 1 amide bonds. The molecule has 2 N–H and O–H groups in total. The van der Waals surface area contributed by atoms with Crippen LogP contribution in [0.3, 0.4) is 0 Å². The van der Waals surface area contributed by atoms with Crippen molar-refractivity contribution < 1.29 is 19.0 Å². The van der Waals surface area contributed by atoms with Crippen LogP contribution in [0, 0.1) is 0 Å². The number of carbonyl (C=O) groups excluding carboxylic acids is 1. The molecule has 2 aliphatic heterocycles. The highest BCUT2D eigenvalue weighted by atomic mass is 16.6. The summed E-state index contributed by atoms with van der Waals surface area (Å²) >= 11 is 0. The Bertz CT molecular complexity index is 754. The summed E-state index contributed by atoms with van der Waals surface area (Å²) in [6.07, 6.45) is 2.76. The number of aliphatic imine (C=N–C) groups is 1. The Balaban J connectivity index is 1.40. The summed E-state index contributed by atoms with van der Waals surface area (Å²) in [4.78, 5) is 18.6. The minimum Gasteiger partial charge on any atom is -0.444 e. The molecule has 1 aromatic carbocycles. The fourth-order valence-electron chi connectivity index (χ4n) is 3.87. The number of amides is 1. The van der Waals surface area contributed by atoms with Gasteiger partial charge < -0.3 is 29.7 Å². The number of guanidine groups is 1. The van der Waals surface area contributed by atoms with Gasteiger partial charge in [-0.2, -0.15) is 0 Å². The van der Waals surface area contributed by atoms with Gasteiger partial charge in [-0.15, -0.1) is 0 Å². The van der Waals surface area contributed by atoms with Crippen molar-refractivity contribution in [2.24, 2.45) is 4.99 Å². The largest absolute Gasteiger partial charge is 0.444 e. The number of rotatable bonds is 6. The van der Waals surface area contributed by atoms with Gasteiger partial charge in [0, 0.05) is 39.9 Å². The minimum absolute atomic E-state index is 0.0541. The SMILES string of the molecule is CN=C(NCc1ccc(COC2CCOCC2)cc1)N1CC[C@@H](NC(=O)OC(C)(C)C)C1. The Kier molecular flexibility index (Phi) is 8.75. The van der Waals surface area contributed by atoms with Crippen molar-refractivity contribution in [3.63, 3.8) is 0 Å². The van der Waals surface area contributed by atoms with Gasteiger partial charge in [0.1, 0.15) is 5.60 Å². The molecule has 32 heavy (non-hydrogen) atoms. The van der Waals surface area contributed by atoms with Crippen molar-refractivity contribution in [2.45, 2.75) is 70.9 Å². The first kappa shape index (κ1) is 24.3. The number of hydrogen-bond acceptors (Lipinski definition) is 5. The molecule has 0 aromatic heterocycles. The zero-order valence-corrected chi connectivity index (χ0v) is 19.9. The van der Waals surface area contributed by atoms with Crippen LogP contribution in [0.5, 0.6) is 0 Å². The number of nitrogens with zero attached hydrogens (tertiary/aromatic N) is 2. The molecule has 0 aliphatic carbocycles. The molecule has 1 atom stereocenters. The summed E-state index contributed by atoms with van der Waals surface area (Å²) in [5.74, 6) is 0.838. The molecule has 0 bridgehead atoms. The second kappa shape index (κ2) is 11.5.